The molecule has 34 heavy (non-hydrogen) atoms. The molecule has 0 bridgehead atoms. The third kappa shape index (κ3) is 4.14. The van der Waals surface area contributed by atoms with Gasteiger partial charge in [0.2, 0.25) is 0 Å². The lowest BCUT2D eigenvalue weighted by Gasteiger charge is -2.32. The fourth-order valence-corrected chi connectivity index (χ4v) is 4.76. The van der Waals surface area contributed by atoms with Crippen LogP contribution in [0.4, 0.5) is 0 Å². The van der Waals surface area contributed by atoms with Crippen molar-refractivity contribution in [1.82, 2.24) is 24.6 Å². The predicted octanol–water partition coefficient (Wildman–Crippen LogP) is 1.95. The zero-order valence-corrected chi connectivity index (χ0v) is 19.0. The molecule has 0 radical (unpaired) electrons. The van der Waals surface area contributed by atoms with Crippen LogP contribution in [0.5, 0.6) is 0 Å². The first kappa shape index (κ1) is 22.1. The molecule has 1 N–H and O–H groups in total. The van der Waals surface area contributed by atoms with Gasteiger partial charge in [-0.25, -0.2) is 9.67 Å². The maximum absolute atomic E-state index is 13.0. The van der Waals surface area contributed by atoms with Crippen molar-refractivity contribution in [2.45, 2.75) is 19.4 Å². The molecule has 1 unspecified atom stereocenters. The van der Waals surface area contributed by atoms with Gasteiger partial charge in [0.1, 0.15) is 0 Å². The van der Waals surface area contributed by atoms with Crippen molar-refractivity contribution in [2.24, 2.45) is 0 Å². The highest BCUT2D eigenvalue weighted by Crippen LogP contribution is 2.22. The van der Waals surface area contributed by atoms with E-state index in [9.17, 15) is 9.59 Å². The van der Waals surface area contributed by atoms with Gasteiger partial charge in [-0.05, 0) is 48.7 Å². The van der Waals surface area contributed by atoms with Crippen molar-refractivity contribution < 1.29 is 9.53 Å². The molecule has 0 spiro atoms. The van der Waals surface area contributed by atoms with Crippen molar-refractivity contribution in [3.63, 3.8) is 0 Å². The number of amides is 1. The van der Waals surface area contributed by atoms with Crippen LogP contribution in [-0.4, -0.2) is 75.9 Å². The SMILES string of the molecule is Cc1cc(C#N)ccc1-c1c[nH]n(-c2ccc(C(=O)N3CCC(N4CCOCC4)C3)cn2)c1=O. The molecule has 1 amide bonds. The molecule has 3 aromatic rings. The Morgan fingerprint density at radius 2 is 2.00 bits per heavy atom. The summed E-state index contributed by atoms with van der Waals surface area (Å²) in [5.74, 6) is 0.370. The van der Waals surface area contributed by atoms with Crippen molar-refractivity contribution in [3.05, 3.63) is 69.8 Å². The number of nitrogens with one attached hydrogen (secondary N) is 1. The van der Waals surface area contributed by atoms with Crippen LogP contribution in [0.1, 0.15) is 27.9 Å². The first-order valence-electron chi connectivity index (χ1n) is 11.4. The van der Waals surface area contributed by atoms with Gasteiger partial charge in [0.05, 0.1) is 36.0 Å². The fourth-order valence-electron chi connectivity index (χ4n) is 4.76. The van der Waals surface area contributed by atoms with Crippen LogP contribution in [0.25, 0.3) is 16.9 Å². The Labute approximate surface area is 197 Å². The number of nitrogens with zero attached hydrogens (tertiary/aromatic N) is 5. The summed E-state index contributed by atoms with van der Waals surface area (Å²) in [6.45, 7) is 6.64. The summed E-state index contributed by atoms with van der Waals surface area (Å²) in [5.41, 5.74) is 2.91. The van der Waals surface area contributed by atoms with E-state index in [0.29, 0.717) is 35.1 Å². The van der Waals surface area contributed by atoms with E-state index < -0.39 is 0 Å². The largest absolute Gasteiger partial charge is 0.379 e. The van der Waals surface area contributed by atoms with E-state index in [0.717, 1.165) is 50.4 Å². The number of benzene rings is 1. The molecule has 2 aliphatic heterocycles. The van der Waals surface area contributed by atoms with E-state index in [1.807, 2.05) is 11.8 Å². The number of hydrogen-bond donors (Lipinski definition) is 1. The summed E-state index contributed by atoms with van der Waals surface area (Å²) >= 11 is 0. The minimum atomic E-state index is -0.243. The van der Waals surface area contributed by atoms with E-state index in [-0.39, 0.29) is 11.5 Å². The van der Waals surface area contributed by atoms with Crippen LogP contribution in [0.2, 0.25) is 0 Å². The average Bonchev–Trinajstić information content (AvgIpc) is 3.52. The minimum absolute atomic E-state index is 0.0393. The Kier molecular flexibility index (Phi) is 6.01. The van der Waals surface area contributed by atoms with Crippen molar-refractivity contribution in [1.29, 1.82) is 5.26 Å². The number of likely N-dealkylation sites (tertiary alicyclic amines) is 1. The van der Waals surface area contributed by atoms with E-state index >= 15 is 0 Å². The number of H-pyrrole nitrogens is 1. The Bertz CT molecular complexity index is 1300. The summed E-state index contributed by atoms with van der Waals surface area (Å²) in [6.07, 6.45) is 4.12. The number of morpholine rings is 1. The van der Waals surface area contributed by atoms with Gasteiger partial charge in [-0.15, -0.1) is 0 Å². The average molecular weight is 459 g/mol. The number of carbonyl (C=O) groups is 1. The molecule has 0 saturated carbocycles. The Morgan fingerprint density at radius 3 is 2.71 bits per heavy atom. The van der Waals surface area contributed by atoms with Crippen LogP contribution in [0, 0.1) is 18.3 Å². The summed E-state index contributed by atoms with van der Waals surface area (Å²) in [5, 5.41) is 12.0. The number of nitriles is 1. The monoisotopic (exact) mass is 458 g/mol. The van der Waals surface area contributed by atoms with E-state index in [1.165, 1.54) is 10.9 Å². The van der Waals surface area contributed by atoms with Crippen LogP contribution in [0.15, 0.2) is 47.5 Å². The molecule has 174 valence electrons. The normalized spacial score (nSPS) is 18.7. The first-order valence-corrected chi connectivity index (χ1v) is 11.4. The summed E-state index contributed by atoms with van der Waals surface area (Å²) < 4.78 is 6.78. The molecule has 1 atom stereocenters. The number of carbonyl (C=O) groups excluding carboxylic acids is 1. The second-order valence-electron chi connectivity index (χ2n) is 8.72. The van der Waals surface area contributed by atoms with Gasteiger partial charge in [-0.3, -0.25) is 19.6 Å². The molecular formula is C25H26N6O3. The van der Waals surface area contributed by atoms with Crippen LogP contribution < -0.4 is 5.56 Å². The lowest BCUT2D eigenvalue weighted by Crippen LogP contribution is -2.45. The van der Waals surface area contributed by atoms with Gasteiger partial charge in [0.15, 0.2) is 5.82 Å². The lowest BCUT2D eigenvalue weighted by molar-refractivity contribution is 0.0185. The van der Waals surface area contributed by atoms with Gasteiger partial charge >= 0.3 is 0 Å². The zero-order chi connectivity index (χ0) is 23.7. The lowest BCUT2D eigenvalue weighted by atomic mass is 10.0. The topological polar surface area (TPSA) is 107 Å². The van der Waals surface area contributed by atoms with Crippen molar-refractivity contribution in [3.8, 4) is 23.0 Å². The molecular weight excluding hydrogens is 432 g/mol. The van der Waals surface area contributed by atoms with Gasteiger partial charge in [0.25, 0.3) is 11.5 Å². The molecule has 2 aromatic heterocycles. The van der Waals surface area contributed by atoms with Crippen LogP contribution in [-0.2, 0) is 4.74 Å². The maximum Gasteiger partial charge on any atom is 0.280 e. The molecule has 2 fully saturated rings. The summed E-state index contributed by atoms with van der Waals surface area (Å²) in [7, 11) is 0. The predicted molar refractivity (Wildman–Crippen MR) is 126 cm³/mol. The van der Waals surface area contributed by atoms with Crippen LogP contribution >= 0.6 is 0 Å². The van der Waals surface area contributed by atoms with Crippen LogP contribution in [0.3, 0.4) is 0 Å². The zero-order valence-electron chi connectivity index (χ0n) is 19.0. The molecule has 1 aromatic carbocycles. The number of aromatic nitrogens is 3. The third-order valence-electron chi connectivity index (χ3n) is 6.65. The number of aryl methyl sites for hydroxylation is 1. The standard InChI is InChI=1S/C25H26N6O3/c1-17-12-18(13-26)2-4-21(17)22-15-28-31(25(22)33)23-5-3-19(14-27-23)24(32)30-7-6-20(16-30)29-8-10-34-11-9-29/h2-5,12,14-15,20,28H,6-11,16H2,1H3. The summed E-state index contributed by atoms with van der Waals surface area (Å²) in [4.78, 5) is 34.7. The maximum atomic E-state index is 13.0. The number of hydrogen-bond acceptors (Lipinski definition) is 6. The third-order valence-corrected chi connectivity index (χ3v) is 6.65. The van der Waals surface area contributed by atoms with Gasteiger partial charge in [-0.2, -0.15) is 5.26 Å². The van der Waals surface area contributed by atoms with E-state index in [2.05, 4.69) is 21.1 Å². The Morgan fingerprint density at radius 1 is 1.18 bits per heavy atom. The van der Waals surface area contributed by atoms with Gasteiger partial charge in [0, 0.05) is 44.6 Å². The molecule has 4 heterocycles. The number of ether oxygens (including phenoxy) is 1. The van der Waals surface area contributed by atoms with E-state index in [4.69, 9.17) is 10.00 Å². The highest BCUT2D eigenvalue weighted by atomic mass is 16.5. The Balaban J connectivity index is 1.31. The number of aromatic amines is 1. The van der Waals surface area contributed by atoms with E-state index in [1.54, 1.807) is 36.5 Å². The van der Waals surface area contributed by atoms with Crippen molar-refractivity contribution >= 4 is 5.91 Å². The highest BCUT2D eigenvalue weighted by molar-refractivity contribution is 5.94. The molecule has 9 nitrogen and oxygen atoms in total. The molecule has 2 saturated heterocycles. The molecule has 0 aliphatic carbocycles. The van der Waals surface area contributed by atoms with Crippen molar-refractivity contribution in [2.75, 3.05) is 39.4 Å². The first-order chi connectivity index (χ1) is 16.5. The molecule has 2 aliphatic rings. The number of rotatable bonds is 4. The fraction of sp³-hybridized carbons (Fsp3) is 0.360. The van der Waals surface area contributed by atoms with Gasteiger partial charge < -0.3 is 9.64 Å². The summed E-state index contributed by atoms with van der Waals surface area (Å²) in [6, 6.07) is 11.1. The second-order valence-corrected chi connectivity index (χ2v) is 8.72. The van der Waals surface area contributed by atoms with Gasteiger partial charge in [-0.1, -0.05) is 6.07 Å². The smallest absolute Gasteiger partial charge is 0.280 e. The second kappa shape index (κ2) is 9.25. The Hall–Kier alpha value is -3.74. The highest BCUT2D eigenvalue weighted by Gasteiger charge is 2.31. The number of pyridine rings is 1. The molecule has 9 heteroatoms. The minimum Gasteiger partial charge on any atom is -0.379 e. The molecule has 5 rings (SSSR count). The quantitative estimate of drug-likeness (QED) is 0.641.